The minimum Gasteiger partial charge on any atom is -0.378 e. The van der Waals surface area contributed by atoms with Crippen molar-refractivity contribution in [2.75, 3.05) is 13.2 Å². The van der Waals surface area contributed by atoms with E-state index in [1.165, 1.54) is 25.7 Å². The number of hydrogen-bond donors (Lipinski definition) is 1. The predicted octanol–water partition coefficient (Wildman–Crippen LogP) is 3.35. The van der Waals surface area contributed by atoms with Gasteiger partial charge in [0.15, 0.2) is 0 Å². The van der Waals surface area contributed by atoms with Gasteiger partial charge in [-0.25, -0.2) is 0 Å². The molecule has 2 aliphatic heterocycles. The van der Waals surface area contributed by atoms with Gasteiger partial charge in [0.1, 0.15) is 0 Å². The second kappa shape index (κ2) is 7.33. The van der Waals surface area contributed by atoms with E-state index in [0.29, 0.717) is 36.1 Å². The van der Waals surface area contributed by atoms with E-state index >= 15 is 0 Å². The van der Waals surface area contributed by atoms with E-state index in [1.54, 1.807) is 0 Å². The highest BCUT2D eigenvalue weighted by Gasteiger charge is 2.52. The molecule has 1 saturated carbocycles. The fourth-order valence-corrected chi connectivity index (χ4v) is 5.28. The van der Waals surface area contributed by atoms with Crippen LogP contribution in [0.3, 0.4) is 0 Å². The molecule has 1 amide bonds. The number of carbonyl (C=O) groups is 1. The first-order chi connectivity index (χ1) is 11.5. The topological polar surface area (TPSA) is 41.6 Å². The maximum Gasteiger partial charge on any atom is 0.223 e. The Morgan fingerprint density at radius 3 is 2.38 bits per heavy atom. The van der Waals surface area contributed by atoms with E-state index < -0.39 is 0 Å². The largest absolute Gasteiger partial charge is 0.378 e. The Morgan fingerprint density at radius 1 is 1.17 bits per heavy atom. The van der Waals surface area contributed by atoms with Gasteiger partial charge in [-0.15, -0.1) is 0 Å². The average Bonchev–Trinajstić information content (AvgIpc) is 2.88. The van der Waals surface area contributed by atoms with Gasteiger partial charge in [0.25, 0.3) is 0 Å². The minimum absolute atomic E-state index is 0.0774. The number of carbonyl (C=O) groups excluding carboxylic acids is 1. The molecule has 0 spiro atoms. The van der Waals surface area contributed by atoms with Gasteiger partial charge in [-0.3, -0.25) is 4.79 Å². The number of nitrogens with one attached hydrogen (secondary N) is 1. The summed E-state index contributed by atoms with van der Waals surface area (Å²) >= 11 is 0. The predicted molar refractivity (Wildman–Crippen MR) is 96.9 cm³/mol. The molecule has 1 aliphatic carbocycles. The molecule has 0 aromatic carbocycles. The van der Waals surface area contributed by atoms with Crippen molar-refractivity contribution in [3.05, 3.63) is 0 Å². The SMILES string of the molecule is CCCN(C(=O)CC1CC2CCC(C1)N2)C1CC(OCC)C1(C)C. The molecular formula is C20H36N2O2. The Hall–Kier alpha value is -0.610. The van der Waals surface area contributed by atoms with Gasteiger partial charge in [-0.2, -0.15) is 0 Å². The zero-order valence-corrected chi connectivity index (χ0v) is 16.0. The van der Waals surface area contributed by atoms with Gasteiger partial charge in [0, 0.05) is 43.1 Å². The first kappa shape index (κ1) is 18.2. The van der Waals surface area contributed by atoms with Gasteiger partial charge >= 0.3 is 0 Å². The number of amides is 1. The third-order valence-electron chi connectivity index (χ3n) is 6.69. The molecule has 2 bridgehead atoms. The lowest BCUT2D eigenvalue weighted by atomic mass is 9.63. The minimum atomic E-state index is 0.0774. The second-order valence-corrected chi connectivity index (χ2v) is 8.78. The lowest BCUT2D eigenvalue weighted by molar-refractivity contribution is -0.168. The molecule has 4 unspecified atom stereocenters. The Bertz CT molecular complexity index is 439. The summed E-state index contributed by atoms with van der Waals surface area (Å²) in [6.07, 6.45) is 8.09. The van der Waals surface area contributed by atoms with Gasteiger partial charge in [-0.1, -0.05) is 20.8 Å². The van der Waals surface area contributed by atoms with E-state index in [2.05, 4.69) is 37.9 Å². The molecule has 3 aliphatic rings. The lowest BCUT2D eigenvalue weighted by Crippen LogP contribution is -2.63. The molecule has 24 heavy (non-hydrogen) atoms. The third kappa shape index (κ3) is 3.50. The molecule has 3 rings (SSSR count). The Balaban J connectivity index is 1.60. The maximum absolute atomic E-state index is 13.1. The number of hydrogen-bond acceptors (Lipinski definition) is 3. The van der Waals surface area contributed by atoms with Crippen LogP contribution in [0, 0.1) is 11.3 Å². The normalized spacial score (nSPS) is 37.1. The van der Waals surface area contributed by atoms with Crippen LogP contribution >= 0.6 is 0 Å². The summed E-state index contributed by atoms with van der Waals surface area (Å²) in [5, 5.41) is 3.68. The van der Waals surface area contributed by atoms with Crippen LogP contribution < -0.4 is 5.32 Å². The van der Waals surface area contributed by atoms with Crippen molar-refractivity contribution in [3.8, 4) is 0 Å². The standard InChI is InChI=1S/C20H36N2O2/c1-5-9-22(17-13-18(24-6-2)20(17,3)4)19(23)12-14-10-15-7-8-16(11-14)21-15/h14-18,21H,5-13H2,1-4H3. The molecule has 2 heterocycles. The monoisotopic (exact) mass is 336 g/mol. The zero-order valence-electron chi connectivity index (χ0n) is 16.0. The molecule has 4 nitrogen and oxygen atoms in total. The number of piperidine rings is 1. The number of fused-ring (bicyclic) bond motifs is 2. The molecule has 2 saturated heterocycles. The fraction of sp³-hybridized carbons (Fsp3) is 0.950. The van der Waals surface area contributed by atoms with Crippen LogP contribution in [0.15, 0.2) is 0 Å². The zero-order chi connectivity index (χ0) is 17.3. The average molecular weight is 337 g/mol. The molecule has 4 atom stereocenters. The molecule has 0 aromatic rings. The van der Waals surface area contributed by atoms with E-state index in [0.717, 1.165) is 32.4 Å². The van der Waals surface area contributed by atoms with Crippen LogP contribution in [0.2, 0.25) is 0 Å². The van der Waals surface area contributed by atoms with Crippen molar-refractivity contribution in [3.63, 3.8) is 0 Å². The van der Waals surface area contributed by atoms with Crippen LogP contribution in [-0.2, 0) is 9.53 Å². The molecule has 3 fully saturated rings. The first-order valence-corrected chi connectivity index (χ1v) is 10.1. The first-order valence-electron chi connectivity index (χ1n) is 10.1. The Kier molecular flexibility index (Phi) is 5.55. The highest BCUT2D eigenvalue weighted by Crippen LogP contribution is 2.46. The third-order valence-corrected chi connectivity index (χ3v) is 6.69. The van der Waals surface area contributed by atoms with Gasteiger partial charge < -0.3 is 15.0 Å². The molecule has 1 N–H and O–H groups in total. The van der Waals surface area contributed by atoms with Crippen molar-refractivity contribution in [1.82, 2.24) is 10.2 Å². The Labute approximate surface area is 147 Å². The lowest BCUT2D eigenvalue weighted by Gasteiger charge is -2.56. The number of ether oxygens (including phenoxy) is 1. The summed E-state index contributed by atoms with van der Waals surface area (Å²) in [5.74, 6) is 0.970. The van der Waals surface area contributed by atoms with E-state index in [-0.39, 0.29) is 5.41 Å². The number of rotatable bonds is 7. The molecule has 0 radical (unpaired) electrons. The summed E-state index contributed by atoms with van der Waals surface area (Å²) in [7, 11) is 0. The van der Waals surface area contributed by atoms with Crippen molar-refractivity contribution in [2.45, 2.75) is 96.9 Å². The summed E-state index contributed by atoms with van der Waals surface area (Å²) in [5.41, 5.74) is 0.0774. The highest BCUT2D eigenvalue weighted by atomic mass is 16.5. The summed E-state index contributed by atoms with van der Waals surface area (Å²) in [4.78, 5) is 15.3. The van der Waals surface area contributed by atoms with Gasteiger partial charge in [0.05, 0.1) is 6.10 Å². The van der Waals surface area contributed by atoms with Crippen LogP contribution in [0.25, 0.3) is 0 Å². The molecule has 4 heteroatoms. The Morgan fingerprint density at radius 2 is 1.83 bits per heavy atom. The van der Waals surface area contributed by atoms with Gasteiger partial charge in [0.2, 0.25) is 5.91 Å². The molecular weight excluding hydrogens is 300 g/mol. The van der Waals surface area contributed by atoms with Crippen molar-refractivity contribution < 1.29 is 9.53 Å². The van der Waals surface area contributed by atoms with E-state index in [4.69, 9.17) is 4.74 Å². The van der Waals surface area contributed by atoms with E-state index in [9.17, 15) is 4.79 Å². The second-order valence-electron chi connectivity index (χ2n) is 8.78. The summed E-state index contributed by atoms with van der Waals surface area (Å²) in [6.45, 7) is 10.4. The highest BCUT2D eigenvalue weighted by molar-refractivity contribution is 5.77. The fourth-order valence-electron chi connectivity index (χ4n) is 5.28. The molecule has 0 aromatic heterocycles. The maximum atomic E-state index is 13.1. The number of nitrogens with zero attached hydrogens (tertiary/aromatic N) is 1. The quantitative estimate of drug-likeness (QED) is 0.775. The van der Waals surface area contributed by atoms with Crippen LogP contribution in [0.1, 0.15) is 72.6 Å². The van der Waals surface area contributed by atoms with Crippen molar-refractivity contribution >= 4 is 5.91 Å². The van der Waals surface area contributed by atoms with Crippen LogP contribution in [0.4, 0.5) is 0 Å². The summed E-state index contributed by atoms with van der Waals surface area (Å²) in [6, 6.07) is 1.69. The smallest absolute Gasteiger partial charge is 0.223 e. The molecule has 138 valence electrons. The van der Waals surface area contributed by atoms with Gasteiger partial charge in [-0.05, 0) is 51.4 Å². The van der Waals surface area contributed by atoms with Crippen LogP contribution in [-0.4, -0.2) is 48.2 Å². The summed E-state index contributed by atoms with van der Waals surface area (Å²) < 4.78 is 5.87. The van der Waals surface area contributed by atoms with Crippen LogP contribution in [0.5, 0.6) is 0 Å². The van der Waals surface area contributed by atoms with Crippen molar-refractivity contribution in [2.24, 2.45) is 11.3 Å². The van der Waals surface area contributed by atoms with E-state index in [1.807, 2.05) is 0 Å². The van der Waals surface area contributed by atoms with Crippen molar-refractivity contribution in [1.29, 1.82) is 0 Å².